The van der Waals surface area contributed by atoms with Crippen molar-refractivity contribution in [2.75, 3.05) is 11.1 Å². The maximum Gasteiger partial charge on any atom is 0.225 e. The number of hydrogen-bond acceptors (Lipinski definition) is 4. The Morgan fingerprint density at radius 2 is 1.78 bits per heavy atom. The van der Waals surface area contributed by atoms with Crippen LogP contribution in [0.2, 0.25) is 0 Å². The van der Waals surface area contributed by atoms with Gasteiger partial charge < -0.3 is 5.32 Å². The van der Waals surface area contributed by atoms with E-state index in [0.717, 1.165) is 34.2 Å². The van der Waals surface area contributed by atoms with E-state index in [-0.39, 0.29) is 5.91 Å². The van der Waals surface area contributed by atoms with Gasteiger partial charge >= 0.3 is 0 Å². The van der Waals surface area contributed by atoms with Crippen LogP contribution in [0.25, 0.3) is 11.3 Å². The van der Waals surface area contributed by atoms with Crippen molar-refractivity contribution in [2.45, 2.75) is 31.7 Å². The molecule has 0 aliphatic rings. The van der Waals surface area contributed by atoms with Crippen molar-refractivity contribution in [1.29, 1.82) is 0 Å². The largest absolute Gasteiger partial charge is 0.326 e. The Kier molecular flexibility index (Phi) is 6.60. The van der Waals surface area contributed by atoms with Crippen molar-refractivity contribution in [3.05, 3.63) is 72.1 Å². The van der Waals surface area contributed by atoms with Gasteiger partial charge in [-0.25, -0.2) is 9.97 Å². The van der Waals surface area contributed by atoms with Crippen LogP contribution in [0.5, 0.6) is 0 Å². The van der Waals surface area contributed by atoms with E-state index in [1.54, 1.807) is 11.8 Å². The molecule has 0 fully saturated rings. The predicted molar refractivity (Wildman–Crippen MR) is 112 cm³/mol. The maximum absolute atomic E-state index is 12.2. The smallest absolute Gasteiger partial charge is 0.225 e. The first kappa shape index (κ1) is 19.1. The molecule has 3 aromatic rings. The monoisotopic (exact) mass is 377 g/mol. The predicted octanol–water partition coefficient (Wildman–Crippen LogP) is 5.14. The lowest BCUT2D eigenvalue weighted by Gasteiger charge is -2.07. The zero-order valence-corrected chi connectivity index (χ0v) is 16.4. The number of thioether (sulfide) groups is 1. The summed E-state index contributed by atoms with van der Waals surface area (Å²) >= 11 is 1.58. The van der Waals surface area contributed by atoms with Gasteiger partial charge in [-0.1, -0.05) is 49.4 Å². The van der Waals surface area contributed by atoms with Gasteiger partial charge in [0.2, 0.25) is 5.91 Å². The standard InChI is InChI=1S/C22H23N3OS/c1-3-17-9-11-19(12-10-17)25-21(26)13-14-27-22-15-20(23-16(2)24-22)18-7-5-4-6-8-18/h4-12,15H,3,13-14H2,1-2H3,(H,25,26). The number of hydrogen-bond donors (Lipinski definition) is 1. The Labute approximate surface area is 164 Å². The summed E-state index contributed by atoms with van der Waals surface area (Å²) in [6, 6.07) is 20.0. The molecule has 0 radical (unpaired) electrons. The van der Waals surface area contributed by atoms with Crippen LogP contribution < -0.4 is 5.32 Å². The van der Waals surface area contributed by atoms with Crippen LogP contribution in [0.4, 0.5) is 5.69 Å². The highest BCUT2D eigenvalue weighted by Crippen LogP contribution is 2.23. The Bertz CT molecular complexity index is 895. The van der Waals surface area contributed by atoms with E-state index in [9.17, 15) is 4.79 Å². The molecule has 0 atom stereocenters. The number of rotatable bonds is 7. The fourth-order valence-corrected chi connectivity index (χ4v) is 3.55. The molecule has 1 N–H and O–H groups in total. The molecule has 2 aromatic carbocycles. The molecule has 4 nitrogen and oxygen atoms in total. The number of benzene rings is 2. The van der Waals surface area contributed by atoms with Gasteiger partial charge in [0.1, 0.15) is 10.9 Å². The zero-order chi connectivity index (χ0) is 19.1. The number of aryl methyl sites for hydroxylation is 2. The maximum atomic E-state index is 12.2. The Morgan fingerprint density at radius 1 is 1.04 bits per heavy atom. The lowest BCUT2D eigenvalue weighted by atomic mass is 10.1. The number of carbonyl (C=O) groups is 1. The average molecular weight is 378 g/mol. The van der Waals surface area contributed by atoms with Crippen molar-refractivity contribution in [3.8, 4) is 11.3 Å². The van der Waals surface area contributed by atoms with E-state index in [1.165, 1.54) is 5.56 Å². The second kappa shape index (κ2) is 9.33. The summed E-state index contributed by atoms with van der Waals surface area (Å²) in [5, 5.41) is 3.83. The lowest BCUT2D eigenvalue weighted by Crippen LogP contribution is -2.12. The molecule has 1 aromatic heterocycles. The van der Waals surface area contributed by atoms with Crippen LogP contribution in [0, 0.1) is 6.92 Å². The molecule has 0 aliphatic heterocycles. The first-order valence-corrected chi connectivity index (χ1v) is 10.1. The summed E-state index contributed by atoms with van der Waals surface area (Å²) < 4.78 is 0. The minimum atomic E-state index is 0.0146. The average Bonchev–Trinajstić information content (AvgIpc) is 2.69. The molecule has 1 heterocycles. The van der Waals surface area contributed by atoms with Gasteiger partial charge in [0, 0.05) is 23.4 Å². The molecule has 0 saturated heterocycles. The van der Waals surface area contributed by atoms with Crippen molar-refractivity contribution in [1.82, 2.24) is 9.97 Å². The number of amides is 1. The highest BCUT2D eigenvalue weighted by Gasteiger charge is 2.07. The van der Waals surface area contributed by atoms with E-state index in [2.05, 4.69) is 22.2 Å². The van der Waals surface area contributed by atoms with Crippen LogP contribution in [0.1, 0.15) is 24.7 Å². The summed E-state index contributed by atoms with van der Waals surface area (Å²) in [4.78, 5) is 21.1. The summed E-state index contributed by atoms with van der Waals surface area (Å²) in [5.74, 6) is 1.42. The minimum Gasteiger partial charge on any atom is -0.326 e. The van der Waals surface area contributed by atoms with Gasteiger partial charge in [-0.15, -0.1) is 11.8 Å². The quantitative estimate of drug-likeness (QED) is 0.458. The highest BCUT2D eigenvalue weighted by atomic mass is 32.2. The first-order chi connectivity index (χ1) is 13.1. The molecule has 0 saturated carbocycles. The van der Waals surface area contributed by atoms with Gasteiger partial charge in [-0.3, -0.25) is 4.79 Å². The lowest BCUT2D eigenvalue weighted by molar-refractivity contribution is -0.115. The third-order valence-electron chi connectivity index (χ3n) is 4.11. The number of nitrogens with zero attached hydrogens (tertiary/aromatic N) is 2. The van der Waals surface area contributed by atoms with Crippen LogP contribution in [0.15, 0.2) is 65.7 Å². The second-order valence-corrected chi connectivity index (χ2v) is 7.32. The summed E-state index contributed by atoms with van der Waals surface area (Å²) in [5.41, 5.74) is 4.08. The molecule has 0 bridgehead atoms. The normalized spacial score (nSPS) is 10.6. The van der Waals surface area contributed by atoms with E-state index in [1.807, 2.05) is 67.6 Å². The fourth-order valence-electron chi connectivity index (χ4n) is 2.67. The molecule has 0 unspecified atom stereocenters. The number of anilines is 1. The van der Waals surface area contributed by atoms with Crippen molar-refractivity contribution in [3.63, 3.8) is 0 Å². The summed E-state index contributed by atoms with van der Waals surface area (Å²) in [6.07, 6.45) is 1.43. The van der Waals surface area contributed by atoms with Gasteiger partial charge in [-0.2, -0.15) is 0 Å². The SMILES string of the molecule is CCc1ccc(NC(=O)CCSc2cc(-c3ccccc3)nc(C)n2)cc1. The molecule has 5 heteroatoms. The van der Waals surface area contributed by atoms with E-state index in [0.29, 0.717) is 12.2 Å². The zero-order valence-electron chi connectivity index (χ0n) is 15.6. The molecule has 0 spiro atoms. The van der Waals surface area contributed by atoms with Crippen LogP contribution in [0.3, 0.4) is 0 Å². The molecule has 0 aliphatic carbocycles. The second-order valence-electron chi connectivity index (χ2n) is 6.20. The van der Waals surface area contributed by atoms with Crippen molar-refractivity contribution >= 4 is 23.4 Å². The topological polar surface area (TPSA) is 54.9 Å². The van der Waals surface area contributed by atoms with E-state index >= 15 is 0 Å². The Hall–Kier alpha value is -2.66. The fraction of sp³-hybridized carbons (Fsp3) is 0.227. The molecule has 27 heavy (non-hydrogen) atoms. The Balaban J connectivity index is 1.55. The number of carbonyl (C=O) groups excluding carboxylic acids is 1. The molecular weight excluding hydrogens is 354 g/mol. The summed E-state index contributed by atoms with van der Waals surface area (Å²) in [6.45, 7) is 4.01. The molecule has 3 rings (SSSR count). The number of nitrogens with one attached hydrogen (secondary N) is 1. The van der Waals surface area contributed by atoms with Crippen LogP contribution in [-0.2, 0) is 11.2 Å². The Morgan fingerprint density at radius 3 is 2.48 bits per heavy atom. The van der Waals surface area contributed by atoms with Crippen molar-refractivity contribution in [2.24, 2.45) is 0 Å². The van der Waals surface area contributed by atoms with Crippen molar-refractivity contribution < 1.29 is 4.79 Å². The third kappa shape index (κ3) is 5.66. The number of aromatic nitrogens is 2. The summed E-state index contributed by atoms with van der Waals surface area (Å²) in [7, 11) is 0. The van der Waals surface area contributed by atoms with Gasteiger partial charge in [0.25, 0.3) is 0 Å². The van der Waals surface area contributed by atoms with Gasteiger partial charge in [0.05, 0.1) is 5.69 Å². The minimum absolute atomic E-state index is 0.0146. The third-order valence-corrected chi connectivity index (χ3v) is 5.02. The van der Waals surface area contributed by atoms with Gasteiger partial charge in [0.15, 0.2) is 0 Å². The molecule has 1 amide bonds. The first-order valence-electron chi connectivity index (χ1n) is 9.06. The van der Waals surface area contributed by atoms with E-state index < -0.39 is 0 Å². The highest BCUT2D eigenvalue weighted by molar-refractivity contribution is 7.99. The van der Waals surface area contributed by atoms with Crippen LogP contribution >= 0.6 is 11.8 Å². The van der Waals surface area contributed by atoms with E-state index in [4.69, 9.17) is 0 Å². The molecular formula is C22H23N3OS. The van der Waals surface area contributed by atoms with Crippen LogP contribution in [-0.4, -0.2) is 21.6 Å². The molecule has 138 valence electrons. The van der Waals surface area contributed by atoms with Gasteiger partial charge in [-0.05, 0) is 37.1 Å².